The van der Waals surface area contributed by atoms with Gasteiger partial charge in [-0.05, 0) is 23.8 Å². The third-order valence-electron chi connectivity index (χ3n) is 2.68. The number of benzene rings is 2. The summed E-state index contributed by atoms with van der Waals surface area (Å²) < 4.78 is 0. The molecule has 0 saturated heterocycles. The molecule has 2 aromatic carbocycles. The van der Waals surface area contributed by atoms with Gasteiger partial charge in [-0.15, -0.1) is 0 Å². The molecule has 1 nitrogen and oxygen atoms in total. The summed E-state index contributed by atoms with van der Waals surface area (Å²) in [5, 5.41) is 1.20. The standard InChI is InChI=1S/C16H12BrClO/c17-11-14(10-12-6-8-15(18)9-7-12)16(19)13-4-2-1-3-5-13/h1-10H,11H2/b14-10+. The molecule has 0 atom stereocenters. The van der Waals surface area contributed by atoms with Crippen LogP contribution in [0.4, 0.5) is 0 Å². The predicted octanol–water partition coefficient (Wildman–Crippen LogP) is 5.00. The third-order valence-corrected chi connectivity index (χ3v) is 3.54. The van der Waals surface area contributed by atoms with Gasteiger partial charge in [0.05, 0.1) is 0 Å². The normalized spacial score (nSPS) is 11.4. The second-order valence-corrected chi connectivity index (χ2v) is 5.05. The smallest absolute Gasteiger partial charge is 0.189 e. The molecule has 0 fully saturated rings. The van der Waals surface area contributed by atoms with Gasteiger partial charge in [0.1, 0.15) is 0 Å². The van der Waals surface area contributed by atoms with E-state index in [9.17, 15) is 4.79 Å². The molecule has 0 amide bonds. The van der Waals surface area contributed by atoms with E-state index in [0.29, 0.717) is 21.5 Å². The summed E-state index contributed by atoms with van der Waals surface area (Å²) in [5.74, 6) is 0.0347. The minimum atomic E-state index is 0.0347. The lowest BCUT2D eigenvalue weighted by molar-refractivity contribution is 0.103. The first-order chi connectivity index (χ1) is 9.20. The predicted molar refractivity (Wildman–Crippen MR) is 84.0 cm³/mol. The zero-order valence-electron chi connectivity index (χ0n) is 10.1. The molecule has 0 unspecified atom stereocenters. The lowest BCUT2D eigenvalue weighted by atomic mass is 10.0. The van der Waals surface area contributed by atoms with Crippen molar-refractivity contribution in [3.63, 3.8) is 0 Å². The average Bonchev–Trinajstić information content (AvgIpc) is 2.47. The Morgan fingerprint density at radius 1 is 1.05 bits per heavy atom. The van der Waals surface area contributed by atoms with Gasteiger partial charge < -0.3 is 0 Å². The molecule has 0 aliphatic carbocycles. The third kappa shape index (κ3) is 3.79. The Morgan fingerprint density at radius 3 is 2.26 bits per heavy atom. The summed E-state index contributed by atoms with van der Waals surface area (Å²) in [6, 6.07) is 16.7. The Kier molecular flexibility index (Phi) is 4.94. The van der Waals surface area contributed by atoms with Crippen LogP contribution in [0.3, 0.4) is 0 Å². The van der Waals surface area contributed by atoms with Crippen molar-refractivity contribution in [1.29, 1.82) is 0 Å². The van der Waals surface area contributed by atoms with Gasteiger partial charge in [0.15, 0.2) is 5.78 Å². The van der Waals surface area contributed by atoms with E-state index in [1.165, 1.54) is 0 Å². The van der Waals surface area contributed by atoms with Gasteiger partial charge >= 0.3 is 0 Å². The van der Waals surface area contributed by atoms with Crippen molar-refractivity contribution in [3.8, 4) is 0 Å². The molecule has 2 rings (SSSR count). The number of allylic oxidation sites excluding steroid dienone is 1. The van der Waals surface area contributed by atoms with Gasteiger partial charge in [-0.25, -0.2) is 0 Å². The molecule has 2 aromatic rings. The molecule has 0 aliphatic rings. The first-order valence-corrected chi connectivity index (χ1v) is 7.32. The van der Waals surface area contributed by atoms with E-state index in [0.717, 1.165) is 5.56 Å². The van der Waals surface area contributed by atoms with Crippen LogP contribution < -0.4 is 0 Å². The van der Waals surface area contributed by atoms with Gasteiger partial charge in [0.25, 0.3) is 0 Å². The van der Waals surface area contributed by atoms with Crippen LogP contribution in [0.25, 0.3) is 6.08 Å². The zero-order valence-corrected chi connectivity index (χ0v) is 12.5. The Balaban J connectivity index is 2.29. The fraction of sp³-hybridized carbons (Fsp3) is 0.0625. The van der Waals surface area contributed by atoms with E-state index < -0.39 is 0 Å². The average molecular weight is 336 g/mol. The van der Waals surface area contributed by atoms with E-state index in [2.05, 4.69) is 15.9 Å². The first kappa shape index (κ1) is 14.0. The molecule has 0 aliphatic heterocycles. The van der Waals surface area contributed by atoms with Crippen molar-refractivity contribution in [2.45, 2.75) is 0 Å². The Bertz CT molecular complexity index is 588. The van der Waals surface area contributed by atoms with Crippen molar-refractivity contribution < 1.29 is 4.79 Å². The number of Topliss-reactive ketones (excluding diaryl/α,β-unsaturated/α-hetero) is 1. The Morgan fingerprint density at radius 2 is 1.68 bits per heavy atom. The van der Waals surface area contributed by atoms with E-state index >= 15 is 0 Å². The first-order valence-electron chi connectivity index (χ1n) is 5.82. The molecule has 3 heteroatoms. The number of ketones is 1. The molecule has 0 spiro atoms. The summed E-state index contributed by atoms with van der Waals surface area (Å²) in [6.45, 7) is 0. The van der Waals surface area contributed by atoms with Crippen LogP contribution in [-0.2, 0) is 0 Å². The summed E-state index contributed by atoms with van der Waals surface area (Å²) in [7, 11) is 0. The minimum absolute atomic E-state index is 0.0347. The van der Waals surface area contributed by atoms with Crippen LogP contribution in [0.2, 0.25) is 5.02 Å². The SMILES string of the molecule is O=C(/C(=C/c1ccc(Cl)cc1)CBr)c1ccccc1. The van der Waals surface area contributed by atoms with Gasteiger partial charge in [-0.3, -0.25) is 4.79 Å². The fourth-order valence-electron chi connectivity index (χ4n) is 1.70. The largest absolute Gasteiger partial charge is 0.289 e. The van der Waals surface area contributed by atoms with Crippen molar-refractivity contribution in [1.82, 2.24) is 0 Å². The Labute approximate surface area is 126 Å². The summed E-state index contributed by atoms with van der Waals surface area (Å²) in [6.07, 6.45) is 1.88. The van der Waals surface area contributed by atoms with E-state index in [-0.39, 0.29) is 5.78 Å². The van der Waals surface area contributed by atoms with Crippen LogP contribution in [0.15, 0.2) is 60.2 Å². The highest BCUT2D eigenvalue weighted by atomic mass is 79.9. The Hall–Kier alpha value is -1.38. The number of hydrogen-bond donors (Lipinski definition) is 0. The van der Waals surface area contributed by atoms with Crippen LogP contribution in [0.5, 0.6) is 0 Å². The molecule has 0 radical (unpaired) electrons. The quantitative estimate of drug-likeness (QED) is 0.436. The number of hydrogen-bond acceptors (Lipinski definition) is 1. The van der Waals surface area contributed by atoms with Crippen molar-refractivity contribution in [2.24, 2.45) is 0 Å². The second-order valence-electron chi connectivity index (χ2n) is 4.05. The summed E-state index contributed by atoms with van der Waals surface area (Å²) >= 11 is 9.21. The molecular weight excluding hydrogens is 324 g/mol. The lowest BCUT2D eigenvalue weighted by Crippen LogP contribution is -2.04. The zero-order chi connectivity index (χ0) is 13.7. The van der Waals surface area contributed by atoms with Crippen molar-refractivity contribution >= 4 is 39.4 Å². The minimum Gasteiger partial charge on any atom is -0.289 e. The monoisotopic (exact) mass is 334 g/mol. The number of carbonyl (C=O) groups is 1. The summed E-state index contributed by atoms with van der Waals surface area (Å²) in [4.78, 5) is 12.3. The molecule has 0 saturated carbocycles. The van der Waals surface area contributed by atoms with Crippen LogP contribution >= 0.6 is 27.5 Å². The summed E-state index contributed by atoms with van der Waals surface area (Å²) in [5.41, 5.74) is 2.37. The molecule has 0 heterocycles. The van der Waals surface area contributed by atoms with E-state index in [1.807, 2.05) is 60.7 Å². The highest BCUT2D eigenvalue weighted by Gasteiger charge is 2.10. The number of carbonyl (C=O) groups excluding carboxylic acids is 1. The topological polar surface area (TPSA) is 17.1 Å². The second kappa shape index (κ2) is 6.69. The number of halogens is 2. The molecule has 0 bridgehead atoms. The molecule has 19 heavy (non-hydrogen) atoms. The van der Waals surface area contributed by atoms with Crippen LogP contribution in [0, 0.1) is 0 Å². The molecule has 0 N–H and O–H groups in total. The van der Waals surface area contributed by atoms with Crippen molar-refractivity contribution in [3.05, 3.63) is 76.3 Å². The fourth-order valence-corrected chi connectivity index (χ4v) is 2.24. The van der Waals surface area contributed by atoms with Crippen LogP contribution in [0.1, 0.15) is 15.9 Å². The maximum absolute atomic E-state index is 12.3. The van der Waals surface area contributed by atoms with Crippen molar-refractivity contribution in [2.75, 3.05) is 5.33 Å². The molecular formula is C16H12BrClO. The van der Waals surface area contributed by atoms with Gasteiger partial charge in [-0.1, -0.05) is 70.0 Å². The van der Waals surface area contributed by atoms with Gasteiger partial charge in [-0.2, -0.15) is 0 Å². The van der Waals surface area contributed by atoms with Gasteiger partial charge in [0.2, 0.25) is 0 Å². The highest BCUT2D eigenvalue weighted by molar-refractivity contribution is 9.09. The maximum atomic E-state index is 12.3. The molecule has 0 aromatic heterocycles. The van der Waals surface area contributed by atoms with E-state index in [4.69, 9.17) is 11.6 Å². The molecule has 96 valence electrons. The van der Waals surface area contributed by atoms with E-state index in [1.54, 1.807) is 0 Å². The highest BCUT2D eigenvalue weighted by Crippen LogP contribution is 2.16. The maximum Gasteiger partial charge on any atom is 0.189 e. The van der Waals surface area contributed by atoms with Gasteiger partial charge in [0, 0.05) is 21.5 Å². The number of rotatable bonds is 4. The lowest BCUT2D eigenvalue weighted by Gasteiger charge is -2.04. The van der Waals surface area contributed by atoms with Crippen LogP contribution in [-0.4, -0.2) is 11.1 Å². The number of alkyl halides is 1.